The molecular weight excluding hydrogens is 318 g/mol. The average Bonchev–Trinajstić information content (AvgIpc) is 3.01. The number of hydrogen-bond acceptors (Lipinski definition) is 5. The fourth-order valence-electron chi connectivity index (χ4n) is 2.66. The number of esters is 1. The van der Waals surface area contributed by atoms with E-state index in [0.29, 0.717) is 11.3 Å². The third-order valence-corrected chi connectivity index (χ3v) is 4.19. The predicted octanol–water partition coefficient (Wildman–Crippen LogP) is 4.08. The van der Waals surface area contributed by atoms with Gasteiger partial charge in [0.15, 0.2) is 11.5 Å². The summed E-state index contributed by atoms with van der Waals surface area (Å²) in [5.74, 6) is 0.200. The van der Waals surface area contributed by atoms with Crippen LogP contribution in [0.5, 0.6) is 11.5 Å². The molecule has 0 unspecified atom stereocenters. The Morgan fingerprint density at radius 2 is 2.00 bits per heavy atom. The SMILES string of the molecule is COc1cc(C#N)ccc1OC(=O)Cc1coc2c(C)c(C)ccc12. The van der Waals surface area contributed by atoms with E-state index in [1.54, 1.807) is 18.4 Å². The van der Waals surface area contributed by atoms with E-state index in [9.17, 15) is 4.79 Å². The molecule has 0 fully saturated rings. The quantitative estimate of drug-likeness (QED) is 0.530. The van der Waals surface area contributed by atoms with Gasteiger partial charge in [-0.1, -0.05) is 12.1 Å². The molecule has 126 valence electrons. The first-order valence-electron chi connectivity index (χ1n) is 7.78. The van der Waals surface area contributed by atoms with Crippen molar-refractivity contribution in [1.29, 1.82) is 5.26 Å². The Labute approximate surface area is 145 Å². The van der Waals surface area contributed by atoms with Crippen molar-refractivity contribution in [2.75, 3.05) is 7.11 Å². The summed E-state index contributed by atoms with van der Waals surface area (Å²) in [4.78, 5) is 12.3. The van der Waals surface area contributed by atoms with Gasteiger partial charge in [0.05, 0.1) is 31.4 Å². The lowest BCUT2D eigenvalue weighted by atomic mass is 10.0. The van der Waals surface area contributed by atoms with Crippen molar-refractivity contribution in [1.82, 2.24) is 0 Å². The number of nitrogens with zero attached hydrogens (tertiary/aromatic N) is 1. The lowest BCUT2D eigenvalue weighted by Crippen LogP contribution is -2.11. The molecule has 3 aromatic rings. The highest BCUT2D eigenvalue weighted by Gasteiger charge is 2.16. The molecular formula is C20H17NO4. The maximum atomic E-state index is 12.3. The van der Waals surface area contributed by atoms with E-state index >= 15 is 0 Å². The predicted molar refractivity (Wildman–Crippen MR) is 92.7 cm³/mol. The summed E-state index contributed by atoms with van der Waals surface area (Å²) in [7, 11) is 1.46. The summed E-state index contributed by atoms with van der Waals surface area (Å²) in [5.41, 5.74) is 4.20. The van der Waals surface area contributed by atoms with Crippen LogP contribution in [0.2, 0.25) is 0 Å². The van der Waals surface area contributed by atoms with Crippen LogP contribution in [0.4, 0.5) is 0 Å². The Kier molecular flexibility index (Phi) is 4.44. The molecule has 0 saturated heterocycles. The monoisotopic (exact) mass is 335 g/mol. The van der Waals surface area contributed by atoms with Gasteiger partial charge in [-0.25, -0.2) is 0 Å². The summed E-state index contributed by atoms with van der Waals surface area (Å²) < 4.78 is 16.2. The zero-order valence-electron chi connectivity index (χ0n) is 14.3. The number of carbonyl (C=O) groups is 1. The first-order valence-corrected chi connectivity index (χ1v) is 7.78. The molecule has 0 amide bonds. The second-order valence-corrected chi connectivity index (χ2v) is 5.77. The molecule has 0 spiro atoms. The smallest absolute Gasteiger partial charge is 0.315 e. The Balaban J connectivity index is 1.82. The van der Waals surface area contributed by atoms with E-state index in [-0.39, 0.29) is 12.2 Å². The standard InChI is InChI=1S/C20H17NO4/c1-12-4-6-16-15(11-24-20(16)13(12)2)9-19(22)25-17-7-5-14(10-21)8-18(17)23-3/h4-8,11H,9H2,1-3H3. The van der Waals surface area contributed by atoms with Crippen molar-refractivity contribution in [3.05, 3.63) is 58.8 Å². The maximum Gasteiger partial charge on any atom is 0.315 e. The molecule has 25 heavy (non-hydrogen) atoms. The molecule has 1 heterocycles. The van der Waals surface area contributed by atoms with Crippen LogP contribution in [0.25, 0.3) is 11.0 Å². The number of carbonyl (C=O) groups excluding carboxylic acids is 1. The highest BCUT2D eigenvalue weighted by molar-refractivity contribution is 5.88. The number of ether oxygens (including phenoxy) is 2. The fourth-order valence-corrected chi connectivity index (χ4v) is 2.66. The van der Waals surface area contributed by atoms with E-state index in [0.717, 1.165) is 27.7 Å². The highest BCUT2D eigenvalue weighted by Crippen LogP contribution is 2.30. The molecule has 5 heteroatoms. The lowest BCUT2D eigenvalue weighted by Gasteiger charge is -2.09. The highest BCUT2D eigenvalue weighted by atomic mass is 16.6. The minimum Gasteiger partial charge on any atom is -0.493 e. The Morgan fingerprint density at radius 1 is 1.20 bits per heavy atom. The Morgan fingerprint density at radius 3 is 2.72 bits per heavy atom. The van der Waals surface area contributed by atoms with Gasteiger partial charge in [0, 0.05) is 17.0 Å². The molecule has 0 aliphatic heterocycles. The van der Waals surface area contributed by atoms with Gasteiger partial charge in [0.2, 0.25) is 0 Å². The van der Waals surface area contributed by atoms with Gasteiger partial charge in [0.25, 0.3) is 0 Å². The van der Waals surface area contributed by atoms with Gasteiger partial charge in [-0.05, 0) is 37.1 Å². The zero-order chi connectivity index (χ0) is 18.0. The summed E-state index contributed by atoms with van der Waals surface area (Å²) in [6.07, 6.45) is 1.67. The first-order chi connectivity index (χ1) is 12.0. The lowest BCUT2D eigenvalue weighted by molar-refractivity contribution is -0.133. The number of fused-ring (bicyclic) bond motifs is 1. The van der Waals surface area contributed by atoms with E-state index in [2.05, 4.69) is 0 Å². The van der Waals surface area contributed by atoms with Crippen LogP contribution < -0.4 is 9.47 Å². The summed E-state index contributed by atoms with van der Waals surface area (Å²) in [6, 6.07) is 10.6. The zero-order valence-corrected chi connectivity index (χ0v) is 14.3. The van der Waals surface area contributed by atoms with Crippen LogP contribution in [0, 0.1) is 25.2 Å². The molecule has 0 aliphatic carbocycles. The molecule has 3 rings (SSSR count). The molecule has 1 aromatic heterocycles. The number of furan rings is 1. The topological polar surface area (TPSA) is 72.5 Å². The Hall–Kier alpha value is -3.26. The molecule has 0 saturated carbocycles. The maximum absolute atomic E-state index is 12.3. The second kappa shape index (κ2) is 6.70. The van der Waals surface area contributed by atoms with Crippen molar-refractivity contribution in [3.8, 4) is 17.6 Å². The minimum absolute atomic E-state index is 0.0820. The van der Waals surface area contributed by atoms with Gasteiger partial charge < -0.3 is 13.9 Å². The third-order valence-electron chi connectivity index (χ3n) is 4.19. The van der Waals surface area contributed by atoms with Gasteiger partial charge >= 0.3 is 5.97 Å². The number of benzene rings is 2. The number of methoxy groups -OCH3 is 1. The molecule has 0 atom stereocenters. The summed E-state index contributed by atoms with van der Waals surface area (Å²) in [6.45, 7) is 4.01. The van der Waals surface area contributed by atoms with Gasteiger partial charge in [-0.3, -0.25) is 4.79 Å². The number of nitriles is 1. The molecule has 5 nitrogen and oxygen atoms in total. The summed E-state index contributed by atoms with van der Waals surface area (Å²) in [5, 5.41) is 9.83. The number of hydrogen-bond donors (Lipinski definition) is 0. The Bertz CT molecular complexity index is 995. The minimum atomic E-state index is -0.427. The van der Waals surface area contributed by atoms with Crippen LogP contribution in [-0.4, -0.2) is 13.1 Å². The van der Waals surface area contributed by atoms with Crippen LogP contribution >= 0.6 is 0 Å². The molecule has 0 N–H and O–H groups in total. The van der Waals surface area contributed by atoms with E-state index in [1.807, 2.05) is 32.0 Å². The first kappa shape index (κ1) is 16.6. The molecule has 0 aliphatic rings. The van der Waals surface area contributed by atoms with Crippen molar-refractivity contribution in [2.24, 2.45) is 0 Å². The van der Waals surface area contributed by atoms with Crippen LogP contribution in [-0.2, 0) is 11.2 Å². The van der Waals surface area contributed by atoms with Crippen molar-refractivity contribution in [2.45, 2.75) is 20.3 Å². The van der Waals surface area contributed by atoms with Gasteiger partial charge in [-0.15, -0.1) is 0 Å². The van der Waals surface area contributed by atoms with Crippen molar-refractivity contribution >= 4 is 16.9 Å². The molecule has 2 aromatic carbocycles. The fraction of sp³-hybridized carbons (Fsp3) is 0.200. The van der Waals surface area contributed by atoms with Gasteiger partial charge in [0.1, 0.15) is 5.58 Å². The normalized spacial score (nSPS) is 10.5. The van der Waals surface area contributed by atoms with Crippen molar-refractivity contribution < 1.29 is 18.7 Å². The average molecular weight is 335 g/mol. The van der Waals surface area contributed by atoms with Crippen LogP contribution in [0.1, 0.15) is 22.3 Å². The number of aryl methyl sites for hydroxylation is 2. The second-order valence-electron chi connectivity index (χ2n) is 5.77. The third kappa shape index (κ3) is 3.20. The molecule has 0 bridgehead atoms. The number of rotatable bonds is 4. The van der Waals surface area contributed by atoms with E-state index in [4.69, 9.17) is 19.2 Å². The molecule has 0 radical (unpaired) electrons. The van der Waals surface area contributed by atoms with E-state index in [1.165, 1.54) is 13.2 Å². The largest absolute Gasteiger partial charge is 0.493 e. The van der Waals surface area contributed by atoms with Crippen molar-refractivity contribution in [3.63, 3.8) is 0 Å². The summed E-state index contributed by atoms with van der Waals surface area (Å²) >= 11 is 0. The van der Waals surface area contributed by atoms with Gasteiger partial charge in [-0.2, -0.15) is 5.26 Å². The van der Waals surface area contributed by atoms with Crippen LogP contribution in [0.15, 0.2) is 41.0 Å². The van der Waals surface area contributed by atoms with Crippen LogP contribution in [0.3, 0.4) is 0 Å². The van der Waals surface area contributed by atoms with E-state index < -0.39 is 5.97 Å².